The van der Waals surface area contributed by atoms with Gasteiger partial charge in [-0.1, -0.05) is 31.9 Å². The second-order valence-electron chi connectivity index (χ2n) is 8.23. The lowest BCUT2D eigenvalue weighted by Crippen LogP contribution is -2.48. The second-order valence-corrected chi connectivity index (χ2v) is 8.64. The normalized spacial score (nSPS) is 14.9. The van der Waals surface area contributed by atoms with Crippen LogP contribution in [0.15, 0.2) is 24.3 Å². The zero-order chi connectivity index (χ0) is 22.2. The number of carbonyl (C=O) groups is 2. The Labute approximate surface area is 180 Å². The molecule has 160 valence electrons. The van der Waals surface area contributed by atoms with Gasteiger partial charge in [0.15, 0.2) is 0 Å². The van der Waals surface area contributed by atoms with Crippen LogP contribution in [0.3, 0.4) is 0 Å². The third kappa shape index (κ3) is 3.97. The molecule has 2 aromatic rings. The summed E-state index contributed by atoms with van der Waals surface area (Å²) in [6.45, 7) is 7.60. The molecule has 1 aliphatic carbocycles. The van der Waals surface area contributed by atoms with E-state index in [0.29, 0.717) is 35.6 Å². The summed E-state index contributed by atoms with van der Waals surface area (Å²) in [5, 5.41) is 22.6. The highest BCUT2D eigenvalue weighted by Gasteiger charge is 2.51. The number of nitrogens with one attached hydrogen (secondary N) is 1. The van der Waals surface area contributed by atoms with Crippen molar-refractivity contribution in [2.24, 2.45) is 5.41 Å². The number of amides is 1. The molecule has 1 saturated carbocycles. The molecule has 30 heavy (non-hydrogen) atoms. The fourth-order valence-corrected chi connectivity index (χ4v) is 3.93. The van der Waals surface area contributed by atoms with Gasteiger partial charge in [0.1, 0.15) is 22.7 Å². The third-order valence-electron chi connectivity index (χ3n) is 5.68. The zero-order valence-electron chi connectivity index (χ0n) is 17.5. The summed E-state index contributed by atoms with van der Waals surface area (Å²) in [6.07, 6.45) is 1.44. The van der Waals surface area contributed by atoms with Crippen molar-refractivity contribution >= 4 is 29.2 Å². The number of halogens is 1. The number of rotatable bonds is 6. The highest BCUT2D eigenvalue weighted by atomic mass is 35.5. The van der Waals surface area contributed by atoms with Crippen LogP contribution < -0.4 is 10.1 Å². The Kier molecular flexibility index (Phi) is 5.99. The SMILES string of the molecule is Cc1cc(NC(=O)C2(C(=O)O)CCC2)cc(C)c1Oc1cc(Cl)c(O)c(C(C)C)c1. The largest absolute Gasteiger partial charge is 0.506 e. The first-order valence-electron chi connectivity index (χ1n) is 9.91. The molecule has 0 radical (unpaired) electrons. The van der Waals surface area contributed by atoms with E-state index in [0.717, 1.165) is 17.5 Å². The van der Waals surface area contributed by atoms with Gasteiger partial charge in [0.05, 0.1) is 5.02 Å². The number of aryl methyl sites for hydroxylation is 2. The Morgan fingerprint density at radius 2 is 1.73 bits per heavy atom. The number of phenolic OH excluding ortho intramolecular Hbond substituents is 1. The predicted molar refractivity (Wildman–Crippen MR) is 116 cm³/mol. The molecule has 2 aromatic carbocycles. The number of aromatic hydroxyl groups is 1. The van der Waals surface area contributed by atoms with Gasteiger partial charge in [0, 0.05) is 17.3 Å². The van der Waals surface area contributed by atoms with Crippen LogP contribution in [-0.2, 0) is 9.59 Å². The summed E-state index contributed by atoms with van der Waals surface area (Å²) in [5.41, 5.74) is 1.45. The topological polar surface area (TPSA) is 95.9 Å². The van der Waals surface area contributed by atoms with Crippen LogP contribution in [-0.4, -0.2) is 22.1 Å². The molecule has 3 N–H and O–H groups in total. The molecule has 0 saturated heterocycles. The van der Waals surface area contributed by atoms with E-state index in [1.54, 1.807) is 24.3 Å². The van der Waals surface area contributed by atoms with Gasteiger partial charge in [-0.05, 0) is 61.9 Å². The van der Waals surface area contributed by atoms with E-state index in [1.165, 1.54) is 0 Å². The number of hydrogen-bond acceptors (Lipinski definition) is 4. The minimum absolute atomic E-state index is 0.0499. The Hall–Kier alpha value is -2.73. The number of phenols is 1. The molecule has 0 heterocycles. The van der Waals surface area contributed by atoms with Gasteiger partial charge in [-0.2, -0.15) is 0 Å². The van der Waals surface area contributed by atoms with Crippen molar-refractivity contribution < 1.29 is 24.5 Å². The van der Waals surface area contributed by atoms with E-state index < -0.39 is 17.3 Å². The lowest BCUT2D eigenvalue weighted by Gasteiger charge is -2.35. The summed E-state index contributed by atoms with van der Waals surface area (Å²) in [4.78, 5) is 24.1. The minimum Gasteiger partial charge on any atom is -0.506 e. The summed E-state index contributed by atoms with van der Waals surface area (Å²) < 4.78 is 6.06. The van der Waals surface area contributed by atoms with Crippen molar-refractivity contribution in [3.8, 4) is 17.2 Å². The number of hydrogen-bond donors (Lipinski definition) is 3. The molecule has 0 aromatic heterocycles. The maximum Gasteiger partial charge on any atom is 0.319 e. The van der Waals surface area contributed by atoms with Crippen molar-refractivity contribution in [1.82, 2.24) is 0 Å². The maximum absolute atomic E-state index is 12.6. The second kappa shape index (κ2) is 8.19. The number of aliphatic carboxylic acids is 1. The first-order chi connectivity index (χ1) is 14.0. The lowest BCUT2D eigenvalue weighted by molar-refractivity contribution is -0.159. The van der Waals surface area contributed by atoms with Gasteiger partial charge >= 0.3 is 5.97 Å². The number of carboxylic acid groups (broad SMARTS) is 1. The third-order valence-corrected chi connectivity index (χ3v) is 5.97. The summed E-state index contributed by atoms with van der Waals surface area (Å²) >= 11 is 6.15. The molecule has 1 fully saturated rings. The van der Waals surface area contributed by atoms with Gasteiger partial charge in [0.2, 0.25) is 5.91 Å². The van der Waals surface area contributed by atoms with Gasteiger partial charge in [-0.15, -0.1) is 0 Å². The molecule has 1 aliphatic rings. The van der Waals surface area contributed by atoms with E-state index in [9.17, 15) is 19.8 Å². The molecule has 7 heteroatoms. The zero-order valence-corrected chi connectivity index (χ0v) is 18.3. The van der Waals surface area contributed by atoms with Crippen molar-refractivity contribution in [2.45, 2.75) is 52.9 Å². The first kappa shape index (κ1) is 22.0. The molecule has 0 unspecified atom stereocenters. The number of carboxylic acids is 1. The van der Waals surface area contributed by atoms with E-state index in [4.69, 9.17) is 16.3 Å². The fraction of sp³-hybridized carbons (Fsp3) is 0.391. The Morgan fingerprint density at radius 1 is 1.13 bits per heavy atom. The van der Waals surface area contributed by atoms with Crippen LogP contribution >= 0.6 is 11.6 Å². The van der Waals surface area contributed by atoms with E-state index >= 15 is 0 Å². The van der Waals surface area contributed by atoms with Gasteiger partial charge in [0.25, 0.3) is 0 Å². The van der Waals surface area contributed by atoms with Crippen LogP contribution in [0.25, 0.3) is 0 Å². The molecule has 0 spiro atoms. The first-order valence-corrected chi connectivity index (χ1v) is 10.3. The van der Waals surface area contributed by atoms with Gasteiger partial charge in [-0.25, -0.2) is 0 Å². The molecule has 6 nitrogen and oxygen atoms in total. The number of anilines is 1. The highest BCUT2D eigenvalue weighted by Crippen LogP contribution is 2.43. The molecule has 0 aliphatic heterocycles. The highest BCUT2D eigenvalue weighted by molar-refractivity contribution is 6.32. The smallest absolute Gasteiger partial charge is 0.319 e. The molecule has 0 atom stereocenters. The van der Waals surface area contributed by atoms with Crippen molar-refractivity contribution in [3.05, 3.63) is 46.0 Å². The molecular formula is C23H26ClNO5. The van der Waals surface area contributed by atoms with Crippen LogP contribution in [0.5, 0.6) is 17.2 Å². The maximum atomic E-state index is 12.6. The lowest BCUT2D eigenvalue weighted by atomic mass is 9.68. The Balaban J connectivity index is 1.86. The molecule has 3 rings (SSSR count). The average Bonchev–Trinajstić information content (AvgIpc) is 2.59. The molecular weight excluding hydrogens is 406 g/mol. The Bertz CT molecular complexity index is 988. The monoisotopic (exact) mass is 431 g/mol. The van der Waals surface area contributed by atoms with Crippen LogP contribution in [0, 0.1) is 19.3 Å². The van der Waals surface area contributed by atoms with Gasteiger partial charge in [-0.3, -0.25) is 9.59 Å². The van der Waals surface area contributed by atoms with Crippen LogP contribution in [0.2, 0.25) is 5.02 Å². The molecule has 1 amide bonds. The minimum atomic E-state index is -1.33. The summed E-state index contributed by atoms with van der Waals surface area (Å²) in [5.74, 6) is -0.331. The van der Waals surface area contributed by atoms with E-state index in [2.05, 4.69) is 5.32 Å². The van der Waals surface area contributed by atoms with Crippen molar-refractivity contribution in [3.63, 3.8) is 0 Å². The van der Waals surface area contributed by atoms with Gasteiger partial charge < -0.3 is 20.3 Å². The molecule has 0 bridgehead atoms. The number of benzene rings is 2. The number of ether oxygens (including phenoxy) is 1. The van der Waals surface area contributed by atoms with E-state index in [-0.39, 0.29) is 16.7 Å². The van der Waals surface area contributed by atoms with Crippen molar-refractivity contribution in [1.29, 1.82) is 0 Å². The fourth-order valence-electron chi connectivity index (χ4n) is 3.71. The predicted octanol–water partition coefficient (Wildman–Crippen LogP) is 5.77. The van der Waals surface area contributed by atoms with Crippen molar-refractivity contribution in [2.75, 3.05) is 5.32 Å². The Morgan fingerprint density at radius 3 is 2.20 bits per heavy atom. The van der Waals surface area contributed by atoms with Crippen LogP contribution in [0.1, 0.15) is 55.7 Å². The average molecular weight is 432 g/mol. The van der Waals surface area contributed by atoms with E-state index in [1.807, 2.05) is 27.7 Å². The van der Waals surface area contributed by atoms with Crippen LogP contribution in [0.4, 0.5) is 5.69 Å². The number of carbonyl (C=O) groups excluding carboxylic acids is 1. The summed E-state index contributed by atoms with van der Waals surface area (Å²) in [6, 6.07) is 6.82. The standard InChI is InChI=1S/C23H26ClNO5/c1-12(2)17-10-16(11-18(24)19(17)26)30-20-13(3)8-15(9-14(20)4)25-21(27)23(22(28)29)6-5-7-23/h8-12,26H,5-7H2,1-4H3,(H,25,27)(H,28,29). The summed E-state index contributed by atoms with van der Waals surface area (Å²) in [7, 11) is 0. The quantitative estimate of drug-likeness (QED) is 0.504.